The van der Waals surface area contributed by atoms with E-state index in [9.17, 15) is 83.3 Å². The molecule has 3 aliphatic heterocycles. The number of aliphatic hydroxyl groups excluding tert-OH is 6. The number of carbonyl (C=O) groups is 6. The van der Waals surface area contributed by atoms with Crippen LogP contribution in [0.25, 0.3) is 0 Å². The van der Waals surface area contributed by atoms with Gasteiger partial charge in [-0.25, -0.2) is 23.2 Å². The van der Waals surface area contributed by atoms with Gasteiger partial charge in [0.15, 0.2) is 60.3 Å². The molecule has 9 saturated carbocycles. The summed E-state index contributed by atoms with van der Waals surface area (Å²) in [4.78, 5) is 80.3. The second-order valence-electron chi connectivity index (χ2n) is 37.8. The smallest absolute Gasteiger partial charge is 0.482 e. The van der Waals surface area contributed by atoms with Crippen LogP contribution in [0.3, 0.4) is 0 Å². The number of Topliss-reactive ketones (excluding diaryl/α,β-unsaturated/α-hetero) is 3. The molecule has 15 rings (SSSR count). The van der Waals surface area contributed by atoms with E-state index in [-0.39, 0.29) is 115 Å². The molecule has 0 spiro atoms. The van der Waals surface area contributed by atoms with Crippen LogP contribution in [0.1, 0.15) is 177 Å². The third kappa shape index (κ3) is 14.0. The molecule has 116 heavy (non-hydrogen) atoms. The first-order valence-corrected chi connectivity index (χ1v) is 41.2. The van der Waals surface area contributed by atoms with Crippen LogP contribution < -0.4 is 30.6 Å². The van der Waals surface area contributed by atoms with Gasteiger partial charge in [0.2, 0.25) is 0 Å². The van der Waals surface area contributed by atoms with Gasteiger partial charge in [0.1, 0.15) is 42.4 Å². The number of carbonyl (C=O) groups excluding carboxylic acids is 6. The minimum atomic E-state index is -1.40. The van der Waals surface area contributed by atoms with Gasteiger partial charge in [0, 0.05) is 55.7 Å². The van der Waals surface area contributed by atoms with Crippen LogP contribution in [0, 0.1) is 114 Å². The second kappa shape index (κ2) is 31.7. The van der Waals surface area contributed by atoms with Crippen LogP contribution in [0.15, 0.2) is 80.4 Å². The van der Waals surface area contributed by atoms with Crippen molar-refractivity contribution in [1.29, 1.82) is 0 Å². The molecule has 6 bridgehead atoms. The van der Waals surface area contributed by atoms with Gasteiger partial charge in [-0.05, 0) is 187 Å². The summed E-state index contributed by atoms with van der Waals surface area (Å²) in [5, 5.41) is 97.0. The Hall–Kier alpha value is -6.73. The Morgan fingerprint density at radius 1 is 0.466 bits per heavy atom. The first-order valence-electron chi connectivity index (χ1n) is 41.2. The van der Waals surface area contributed by atoms with E-state index in [1.54, 1.807) is 42.5 Å². The molecule has 0 radical (unpaired) electrons. The molecule has 0 unspecified atom stereocenters. The zero-order valence-corrected chi connectivity index (χ0v) is 68.7. The predicted molar refractivity (Wildman–Crippen MR) is 421 cm³/mol. The van der Waals surface area contributed by atoms with E-state index >= 15 is 0 Å². The van der Waals surface area contributed by atoms with Gasteiger partial charge in [0.05, 0.1) is 38.1 Å². The monoisotopic (exact) mass is 1610 g/mol. The van der Waals surface area contributed by atoms with Crippen LogP contribution in [0.4, 0.5) is 8.78 Å². The minimum absolute atomic E-state index is 0.0103. The minimum Gasteiger partial charge on any atom is -0.482 e. The number of benzene rings is 3. The third-order valence-corrected chi connectivity index (χ3v) is 32.4. The number of aliphatic hydroxyl groups is 6. The van der Waals surface area contributed by atoms with Crippen LogP contribution in [0.2, 0.25) is 0 Å². The fraction of sp³-hybridized carbons (Fsp3) is 0.655. The summed E-state index contributed by atoms with van der Waals surface area (Å²) in [5.74, 6) is -6.87. The van der Waals surface area contributed by atoms with Crippen LogP contribution in [-0.4, -0.2) is 177 Å². The van der Waals surface area contributed by atoms with E-state index in [1.807, 2.05) is 76.2 Å². The number of halogens is 2. The lowest BCUT2D eigenvalue weighted by Crippen LogP contribution is -2.63. The van der Waals surface area contributed by atoms with Crippen molar-refractivity contribution < 1.29 is 126 Å². The Labute approximate surface area is 678 Å². The number of ether oxygens (including phenoxy) is 6. The summed E-state index contributed by atoms with van der Waals surface area (Å²) in [5.41, 5.74) is -3.82. The normalized spacial score (nSPS) is 41.6. The average molecular weight is 1620 g/mol. The molecule has 0 saturated heterocycles. The molecule has 9 N–H and O–H groups in total. The van der Waals surface area contributed by atoms with E-state index in [2.05, 4.69) is 26.7 Å². The number of ketones is 3. The zero-order chi connectivity index (χ0) is 84.6. The quantitative estimate of drug-likeness (QED) is 0.0328. The van der Waals surface area contributed by atoms with Crippen LogP contribution in [0.5, 0.6) is 17.2 Å². The Bertz CT molecular complexity index is 4260. The maximum Gasteiger partial charge on any atom is 0.494 e. The molecular formula is C87H115B3F2O24. The number of fused-ring (bicyclic) bond motifs is 3. The molecule has 0 amide bonds. The molecular weight excluding hydrogens is 1500 g/mol. The summed E-state index contributed by atoms with van der Waals surface area (Å²) < 4.78 is 79.9. The van der Waals surface area contributed by atoms with Crippen molar-refractivity contribution in [1.82, 2.24) is 0 Å². The number of esters is 3. The average Bonchev–Trinajstić information content (AvgIpc) is 1.38. The summed E-state index contributed by atoms with van der Waals surface area (Å²) in [6.45, 7) is 34.6. The first-order chi connectivity index (χ1) is 54.4. The van der Waals surface area contributed by atoms with Gasteiger partial charge >= 0.3 is 39.3 Å². The second-order valence-corrected chi connectivity index (χ2v) is 37.8. The molecule has 3 aromatic rings. The fourth-order valence-electron chi connectivity index (χ4n) is 24.4. The summed E-state index contributed by atoms with van der Waals surface area (Å²) in [6, 6.07) is 10.6. The highest BCUT2D eigenvalue weighted by Gasteiger charge is 2.74. The van der Waals surface area contributed by atoms with Crippen molar-refractivity contribution in [2.75, 3.05) is 19.8 Å². The van der Waals surface area contributed by atoms with E-state index < -0.39 is 186 Å². The Kier molecular flexibility index (Phi) is 23.8. The van der Waals surface area contributed by atoms with Crippen molar-refractivity contribution in [3.05, 3.63) is 109 Å². The van der Waals surface area contributed by atoms with E-state index in [0.717, 1.165) is 31.2 Å². The lowest BCUT2D eigenvalue weighted by Gasteiger charge is -2.61. The van der Waals surface area contributed by atoms with Gasteiger partial charge in [-0.3, -0.25) is 14.4 Å². The SMILES string of the molecule is C=C[C@]1(C)C[C@@H](OC(=O)COc2cc3c(cc2F)COB3O)[C@]2(C)[C@H](C)CC[C@]3(C[C@H](O)C(=O)[C@H]32)[C@@H](C)[C@@H]1O.C=C[C@]1(C)C[C@@H](OC(=O)COc2ccc3c(c2)B(O)OC3)[C@]2(C)[C@H](C)CC[C@]3(C[C@H](O)C(=O)[C@H]32)[C@@H](C)[C@@H]1O.C=C[C@]1(C)C[C@@H](OC(=O)COc2ccc3c(c2F)B(O)OC3)[C@]2(C)[C@H](C)CC[C@]3(C[C@H](O)C(=O)[C@H]32)[C@@H](C)[C@@H]1O. The molecule has 9 fully saturated rings. The lowest BCUT2D eigenvalue weighted by molar-refractivity contribution is -0.207. The van der Waals surface area contributed by atoms with Gasteiger partial charge in [0.25, 0.3) is 0 Å². The van der Waals surface area contributed by atoms with Gasteiger partial charge in [-0.15, -0.1) is 19.7 Å². The van der Waals surface area contributed by atoms with E-state index in [4.69, 9.17) is 42.4 Å². The molecule has 9 aliphatic carbocycles. The summed E-state index contributed by atoms with van der Waals surface area (Å²) in [6.07, 6.45) is 2.85. The largest absolute Gasteiger partial charge is 0.494 e. The lowest BCUT2D eigenvalue weighted by atomic mass is 9.44. The summed E-state index contributed by atoms with van der Waals surface area (Å²) in [7, 11) is -3.61. The highest BCUT2D eigenvalue weighted by molar-refractivity contribution is 6.62. The predicted octanol–water partition coefficient (Wildman–Crippen LogP) is 6.76. The van der Waals surface area contributed by atoms with Crippen molar-refractivity contribution in [3.8, 4) is 17.2 Å². The Morgan fingerprint density at radius 3 is 1.21 bits per heavy atom. The number of hydrogen-bond acceptors (Lipinski definition) is 24. The molecule has 24 nitrogen and oxygen atoms in total. The standard InChI is InChI=1S/2C29H38BFO8.C29H39BO8/c1-6-27(4)12-22(39-23(33)14-37-21-10-18-17(9-19(21)31)13-38-30(18)36)28(5)15(2)7-8-29(16(3)26(27)35)11-20(32)24(34)25(28)29;1-6-27(4)12-20(39-21(33)14-37-19-8-7-17-13-38-30(36)22(17)23(19)31)28(5)15(2)9-10-29(16(3)26(27)35)11-18(32)24(34)25(28)29;1-6-27(4)13-22(38-23(32)15-36-19-8-7-18-14-37-30(35)20(18)11-19)28(5)16(2)9-10-29(17(3)26(27)34)12-21(31)24(33)25(28)29/h6,9-10,15-16,20,22,25-26,32,35-36H,1,7-8,11-14H2,2-5H3;6-8,15-16,18,20,25-26,32,35-36H,1,9-14H2,2-5H3;6-8,11,16-17,21-22,25-26,31,34-35H,1,9-10,12-15H2,2-5H3/t15-,16+,20+,22-,25+,26+,27-,28+,29+;15-,16+,18+,20-,25+,26+,27-,28+,29+;16-,17+,21+,22-,25+,26+,27-,28+,29+/m111/s1. The molecule has 0 aromatic heterocycles. The van der Waals surface area contributed by atoms with E-state index in [0.29, 0.717) is 60.1 Å². The Balaban J connectivity index is 0.000000151. The molecule has 630 valence electrons. The van der Waals surface area contributed by atoms with Gasteiger partial charge < -0.3 is 88.1 Å². The highest BCUT2D eigenvalue weighted by atomic mass is 19.1. The highest BCUT2D eigenvalue weighted by Crippen LogP contribution is 2.72. The molecule has 12 aliphatic rings. The molecule has 3 heterocycles. The number of rotatable bonds is 15. The van der Waals surface area contributed by atoms with Crippen molar-refractivity contribution in [3.63, 3.8) is 0 Å². The van der Waals surface area contributed by atoms with Gasteiger partial charge in [-0.1, -0.05) is 113 Å². The van der Waals surface area contributed by atoms with Crippen molar-refractivity contribution >= 4 is 73.0 Å². The molecule has 27 atom stereocenters. The van der Waals surface area contributed by atoms with Crippen LogP contribution >= 0.6 is 0 Å². The molecule has 29 heteroatoms. The van der Waals surface area contributed by atoms with Crippen molar-refractivity contribution in [2.45, 2.75) is 235 Å². The topological polar surface area (TPSA) is 368 Å². The fourth-order valence-corrected chi connectivity index (χ4v) is 24.4. The first kappa shape index (κ1) is 87.1. The van der Waals surface area contributed by atoms with E-state index in [1.165, 1.54) is 18.2 Å². The molecule has 3 aromatic carbocycles. The van der Waals surface area contributed by atoms with Crippen molar-refractivity contribution in [2.24, 2.45) is 102 Å². The zero-order valence-electron chi connectivity index (χ0n) is 68.7. The maximum absolute atomic E-state index is 14.9. The summed E-state index contributed by atoms with van der Waals surface area (Å²) >= 11 is 0. The van der Waals surface area contributed by atoms with Crippen LogP contribution in [-0.2, 0) is 76.8 Å². The number of hydrogen-bond donors (Lipinski definition) is 9. The maximum atomic E-state index is 14.9. The van der Waals surface area contributed by atoms with Gasteiger partial charge in [-0.2, -0.15) is 0 Å². The third-order valence-electron chi connectivity index (χ3n) is 32.4. The Morgan fingerprint density at radius 2 is 0.810 bits per heavy atom.